The van der Waals surface area contributed by atoms with E-state index in [1.807, 2.05) is 0 Å². The molecule has 82 valence electrons. The Morgan fingerprint density at radius 1 is 1.44 bits per heavy atom. The van der Waals surface area contributed by atoms with Crippen LogP contribution in [0, 0.1) is 10.1 Å². The second-order valence-corrected chi connectivity index (χ2v) is 2.76. The molecule has 0 unspecified atom stereocenters. The standard InChI is InChI=1S/C8H6N4O4/c9-8-10-6(11-16-8)3-1-5-2-4-7(15-5)12(13)14/h1-4H,(H2,9,10,11)/b3-1-. The minimum Gasteiger partial charge on any atom is -0.401 e. The Kier molecular flexibility index (Phi) is 2.38. The summed E-state index contributed by atoms with van der Waals surface area (Å²) in [6.07, 6.45) is 2.93. The van der Waals surface area contributed by atoms with E-state index in [9.17, 15) is 10.1 Å². The smallest absolute Gasteiger partial charge is 0.401 e. The third kappa shape index (κ3) is 2.05. The number of nitrogens with zero attached hydrogens (tertiary/aromatic N) is 3. The van der Waals surface area contributed by atoms with Gasteiger partial charge in [0, 0.05) is 0 Å². The van der Waals surface area contributed by atoms with Gasteiger partial charge < -0.3 is 14.7 Å². The monoisotopic (exact) mass is 222 g/mol. The maximum Gasteiger partial charge on any atom is 0.433 e. The van der Waals surface area contributed by atoms with Crippen molar-refractivity contribution in [3.05, 3.63) is 33.8 Å². The first kappa shape index (κ1) is 9.90. The molecule has 0 saturated heterocycles. The summed E-state index contributed by atoms with van der Waals surface area (Å²) in [6.45, 7) is 0. The molecule has 2 aromatic rings. The van der Waals surface area contributed by atoms with Gasteiger partial charge in [0.1, 0.15) is 10.7 Å². The SMILES string of the molecule is Nc1nc(/C=C\c2ccc([N+](=O)[O-])o2)no1. The highest BCUT2D eigenvalue weighted by Crippen LogP contribution is 2.17. The summed E-state index contributed by atoms with van der Waals surface area (Å²) in [5.74, 6) is 0.249. The molecule has 0 amide bonds. The molecule has 2 N–H and O–H groups in total. The zero-order valence-corrected chi connectivity index (χ0v) is 7.86. The average molecular weight is 222 g/mol. The Labute approximate surface area is 88.5 Å². The van der Waals surface area contributed by atoms with Gasteiger partial charge in [-0.25, -0.2) is 0 Å². The van der Waals surface area contributed by atoms with Crippen molar-refractivity contribution < 1.29 is 13.9 Å². The molecule has 0 aromatic carbocycles. The van der Waals surface area contributed by atoms with Crippen LogP contribution >= 0.6 is 0 Å². The molecule has 2 heterocycles. The highest BCUT2D eigenvalue weighted by Gasteiger charge is 2.09. The number of aromatic nitrogens is 2. The van der Waals surface area contributed by atoms with Crippen LogP contribution in [-0.2, 0) is 0 Å². The van der Waals surface area contributed by atoms with Crippen LogP contribution in [0.1, 0.15) is 11.6 Å². The summed E-state index contributed by atoms with van der Waals surface area (Å²) in [5, 5.41) is 13.8. The largest absolute Gasteiger partial charge is 0.433 e. The van der Waals surface area contributed by atoms with E-state index in [-0.39, 0.29) is 17.7 Å². The van der Waals surface area contributed by atoms with Crippen molar-refractivity contribution in [2.75, 3.05) is 5.73 Å². The fourth-order valence-electron chi connectivity index (χ4n) is 1.00. The molecule has 0 aliphatic carbocycles. The van der Waals surface area contributed by atoms with E-state index >= 15 is 0 Å². The predicted octanol–water partition coefficient (Wildman–Crippen LogP) is 1.32. The zero-order chi connectivity index (χ0) is 11.5. The lowest BCUT2D eigenvalue weighted by Crippen LogP contribution is -1.82. The zero-order valence-electron chi connectivity index (χ0n) is 7.86. The Bertz CT molecular complexity index is 542. The van der Waals surface area contributed by atoms with Crippen LogP contribution in [0.4, 0.5) is 11.9 Å². The number of hydrogen-bond acceptors (Lipinski definition) is 7. The Balaban J connectivity index is 2.14. The van der Waals surface area contributed by atoms with Crippen molar-refractivity contribution in [2.24, 2.45) is 0 Å². The Morgan fingerprint density at radius 2 is 2.25 bits per heavy atom. The van der Waals surface area contributed by atoms with Gasteiger partial charge in [-0.15, -0.1) is 0 Å². The molecule has 0 atom stereocenters. The summed E-state index contributed by atoms with van der Waals surface area (Å²) >= 11 is 0. The van der Waals surface area contributed by atoms with Gasteiger partial charge in [0.15, 0.2) is 5.82 Å². The van der Waals surface area contributed by atoms with Gasteiger partial charge in [0.25, 0.3) is 0 Å². The first-order valence-electron chi connectivity index (χ1n) is 4.16. The van der Waals surface area contributed by atoms with Crippen LogP contribution in [0.15, 0.2) is 21.1 Å². The molecule has 8 heteroatoms. The molecule has 2 rings (SSSR count). The van der Waals surface area contributed by atoms with Crippen LogP contribution in [0.3, 0.4) is 0 Å². The molecular weight excluding hydrogens is 216 g/mol. The van der Waals surface area contributed by atoms with E-state index in [4.69, 9.17) is 10.2 Å². The van der Waals surface area contributed by atoms with Gasteiger partial charge in [0.2, 0.25) is 0 Å². The van der Waals surface area contributed by atoms with Gasteiger partial charge in [0.05, 0.1) is 6.07 Å². The molecule has 2 aromatic heterocycles. The topological polar surface area (TPSA) is 121 Å². The van der Waals surface area contributed by atoms with Crippen LogP contribution in [-0.4, -0.2) is 15.1 Å². The summed E-state index contributed by atoms with van der Waals surface area (Å²) in [7, 11) is 0. The Hall–Kier alpha value is -2.64. The number of nitro groups is 1. The number of hydrogen-bond donors (Lipinski definition) is 1. The van der Waals surface area contributed by atoms with Crippen molar-refractivity contribution >= 4 is 24.1 Å². The number of anilines is 1. The van der Waals surface area contributed by atoms with Crippen molar-refractivity contribution in [3.8, 4) is 0 Å². The highest BCUT2D eigenvalue weighted by molar-refractivity contribution is 5.64. The lowest BCUT2D eigenvalue weighted by atomic mass is 10.4. The second-order valence-electron chi connectivity index (χ2n) is 2.76. The number of rotatable bonds is 3. The minimum absolute atomic E-state index is 0.0509. The molecule has 16 heavy (non-hydrogen) atoms. The molecule has 0 bridgehead atoms. The number of nitrogens with two attached hydrogens (primary N) is 1. The highest BCUT2D eigenvalue weighted by atomic mass is 16.6. The molecule has 0 fully saturated rings. The summed E-state index contributed by atoms with van der Waals surface area (Å²) < 4.78 is 9.39. The lowest BCUT2D eigenvalue weighted by molar-refractivity contribution is -0.402. The van der Waals surface area contributed by atoms with Crippen molar-refractivity contribution in [1.82, 2.24) is 10.1 Å². The van der Waals surface area contributed by atoms with Gasteiger partial charge >= 0.3 is 11.9 Å². The summed E-state index contributed by atoms with van der Waals surface area (Å²) in [4.78, 5) is 13.4. The van der Waals surface area contributed by atoms with Crippen molar-refractivity contribution in [1.29, 1.82) is 0 Å². The fourth-order valence-corrected chi connectivity index (χ4v) is 1.00. The lowest BCUT2D eigenvalue weighted by Gasteiger charge is -1.82. The van der Waals surface area contributed by atoms with Crippen LogP contribution in [0.25, 0.3) is 12.2 Å². The molecule has 0 spiro atoms. The minimum atomic E-state index is -0.621. The molecular formula is C8H6N4O4. The summed E-state index contributed by atoms with van der Waals surface area (Å²) in [6, 6.07) is 2.66. The average Bonchev–Trinajstić information content (AvgIpc) is 2.83. The van der Waals surface area contributed by atoms with E-state index in [0.717, 1.165) is 0 Å². The fraction of sp³-hybridized carbons (Fsp3) is 0. The van der Waals surface area contributed by atoms with Gasteiger partial charge in [-0.05, 0) is 18.2 Å². The molecule has 0 aliphatic heterocycles. The van der Waals surface area contributed by atoms with Gasteiger partial charge in [-0.1, -0.05) is 5.16 Å². The summed E-state index contributed by atoms with van der Waals surface area (Å²) in [5.41, 5.74) is 5.20. The molecule has 8 nitrogen and oxygen atoms in total. The maximum absolute atomic E-state index is 10.3. The van der Waals surface area contributed by atoms with Crippen LogP contribution in [0.5, 0.6) is 0 Å². The van der Waals surface area contributed by atoms with Crippen LogP contribution in [0.2, 0.25) is 0 Å². The predicted molar refractivity (Wildman–Crippen MR) is 53.0 cm³/mol. The van der Waals surface area contributed by atoms with E-state index < -0.39 is 4.92 Å². The third-order valence-corrected chi connectivity index (χ3v) is 1.65. The van der Waals surface area contributed by atoms with Crippen molar-refractivity contribution in [3.63, 3.8) is 0 Å². The van der Waals surface area contributed by atoms with E-state index in [1.165, 1.54) is 24.3 Å². The van der Waals surface area contributed by atoms with E-state index in [1.54, 1.807) is 0 Å². The van der Waals surface area contributed by atoms with Crippen LogP contribution < -0.4 is 5.73 Å². The van der Waals surface area contributed by atoms with E-state index in [0.29, 0.717) is 5.76 Å². The Morgan fingerprint density at radius 3 is 2.81 bits per heavy atom. The molecule has 0 saturated carbocycles. The van der Waals surface area contributed by atoms with E-state index in [2.05, 4.69) is 14.7 Å². The quantitative estimate of drug-likeness (QED) is 0.613. The number of furan rings is 1. The molecule has 0 aliphatic rings. The second kappa shape index (κ2) is 3.85. The maximum atomic E-state index is 10.3. The third-order valence-electron chi connectivity index (χ3n) is 1.65. The first-order chi connectivity index (χ1) is 7.65. The molecule has 0 radical (unpaired) electrons. The van der Waals surface area contributed by atoms with Gasteiger partial charge in [-0.2, -0.15) is 4.98 Å². The van der Waals surface area contributed by atoms with Gasteiger partial charge in [-0.3, -0.25) is 10.1 Å². The van der Waals surface area contributed by atoms with Crippen molar-refractivity contribution in [2.45, 2.75) is 0 Å². The first-order valence-corrected chi connectivity index (χ1v) is 4.16. The number of nitrogen functional groups attached to an aromatic ring is 1. The normalized spacial score (nSPS) is 11.0.